The van der Waals surface area contributed by atoms with Gasteiger partial charge >= 0.3 is 0 Å². The van der Waals surface area contributed by atoms with Gasteiger partial charge in [0.25, 0.3) is 5.17 Å². The summed E-state index contributed by atoms with van der Waals surface area (Å²) in [5, 5.41) is 3.75. The van der Waals surface area contributed by atoms with Crippen LogP contribution < -0.4 is 5.32 Å². The predicted octanol–water partition coefficient (Wildman–Crippen LogP) is 6.51. The molecule has 2 aromatic rings. The van der Waals surface area contributed by atoms with Gasteiger partial charge in [-0.05, 0) is 109 Å². The highest BCUT2D eigenvalue weighted by atomic mass is 127. The lowest BCUT2D eigenvalue weighted by molar-refractivity contribution is -0.0789. The molecule has 136 valence electrons. The Morgan fingerprint density at radius 3 is 2.23 bits per heavy atom. The van der Waals surface area contributed by atoms with Crippen LogP contribution in [0.15, 0.2) is 54.6 Å². The molecule has 0 saturated heterocycles. The number of rotatable bonds is 3. The van der Waals surface area contributed by atoms with Crippen molar-refractivity contribution in [2.45, 2.75) is 50.5 Å². The van der Waals surface area contributed by atoms with Crippen LogP contribution in [0.3, 0.4) is 0 Å². The third kappa shape index (κ3) is 3.91. The second kappa shape index (κ2) is 7.85. The van der Waals surface area contributed by atoms with Crippen LogP contribution in [0.2, 0.25) is 0 Å². The van der Waals surface area contributed by atoms with E-state index in [1.807, 2.05) is 12.1 Å². The summed E-state index contributed by atoms with van der Waals surface area (Å²) in [6.07, 6.45) is 7.73. The molecule has 2 aliphatic carbocycles. The highest BCUT2D eigenvalue weighted by Crippen LogP contribution is 2.55. The maximum absolute atomic E-state index is 6.17. The van der Waals surface area contributed by atoms with Gasteiger partial charge in [0.05, 0.1) is 0 Å². The van der Waals surface area contributed by atoms with Crippen molar-refractivity contribution in [2.75, 3.05) is 5.32 Å². The van der Waals surface area contributed by atoms with Crippen LogP contribution in [0.25, 0.3) is 0 Å². The molecule has 26 heavy (non-hydrogen) atoms. The molecule has 2 saturated carbocycles. The van der Waals surface area contributed by atoms with E-state index in [1.54, 1.807) is 0 Å². The zero-order chi connectivity index (χ0) is 18.0. The monoisotopic (exact) mass is 477 g/mol. The Morgan fingerprint density at radius 1 is 0.962 bits per heavy atom. The van der Waals surface area contributed by atoms with Gasteiger partial charge in [-0.3, -0.25) is 0 Å². The van der Waals surface area contributed by atoms with Crippen molar-refractivity contribution in [2.24, 2.45) is 5.41 Å². The zero-order valence-electron chi connectivity index (χ0n) is 14.8. The van der Waals surface area contributed by atoms with Gasteiger partial charge in [0.1, 0.15) is 6.10 Å². The molecule has 1 unspecified atom stereocenters. The first-order valence-corrected chi connectivity index (χ1v) is 10.9. The first kappa shape index (κ1) is 18.2. The molecule has 2 nitrogen and oxygen atoms in total. The minimum Gasteiger partial charge on any atom is -0.467 e. The molecule has 0 amide bonds. The maximum Gasteiger partial charge on any atom is 0.261 e. The summed E-state index contributed by atoms with van der Waals surface area (Å²) in [4.78, 5) is 0. The van der Waals surface area contributed by atoms with Crippen molar-refractivity contribution >= 4 is 45.7 Å². The zero-order valence-corrected chi connectivity index (χ0v) is 17.8. The minimum absolute atomic E-state index is 0.281. The van der Waals surface area contributed by atoms with Gasteiger partial charge in [0.2, 0.25) is 0 Å². The molecular formula is C22H24INOS. The van der Waals surface area contributed by atoms with Crippen LogP contribution in [0.4, 0.5) is 5.69 Å². The SMILES string of the molecule is S=C(Nc1ccc(I)cc1)OC1CCC12CCC(c1ccccc1)CC2. The number of nitrogens with one attached hydrogen (secondary N) is 1. The van der Waals surface area contributed by atoms with E-state index in [1.165, 1.54) is 41.2 Å². The van der Waals surface area contributed by atoms with Gasteiger partial charge in [-0.2, -0.15) is 0 Å². The summed E-state index contributed by atoms with van der Waals surface area (Å²) in [6.45, 7) is 0. The Bertz CT molecular complexity index is 753. The van der Waals surface area contributed by atoms with E-state index >= 15 is 0 Å². The molecule has 2 fully saturated rings. The van der Waals surface area contributed by atoms with Gasteiger partial charge in [-0.25, -0.2) is 0 Å². The molecule has 2 aliphatic rings. The van der Waals surface area contributed by atoms with E-state index < -0.39 is 0 Å². The quantitative estimate of drug-likeness (QED) is 0.402. The second-order valence-electron chi connectivity index (χ2n) is 7.61. The van der Waals surface area contributed by atoms with Gasteiger partial charge in [0.15, 0.2) is 0 Å². The number of halogens is 1. The van der Waals surface area contributed by atoms with E-state index in [2.05, 4.69) is 70.4 Å². The van der Waals surface area contributed by atoms with Gasteiger partial charge in [0, 0.05) is 14.7 Å². The molecule has 2 aromatic carbocycles. The van der Waals surface area contributed by atoms with Gasteiger partial charge in [-0.1, -0.05) is 30.3 Å². The molecule has 4 rings (SSSR count). The molecule has 1 N–H and O–H groups in total. The fourth-order valence-corrected chi connectivity index (χ4v) is 5.08. The summed E-state index contributed by atoms with van der Waals surface area (Å²) < 4.78 is 7.39. The van der Waals surface area contributed by atoms with Crippen LogP contribution in [0, 0.1) is 8.99 Å². The lowest BCUT2D eigenvalue weighted by atomic mass is 9.56. The fraction of sp³-hybridized carbons (Fsp3) is 0.409. The van der Waals surface area contributed by atoms with E-state index in [9.17, 15) is 0 Å². The number of thiocarbonyl (C=S) groups is 1. The summed E-state index contributed by atoms with van der Waals surface area (Å²) in [5.41, 5.74) is 2.84. The highest BCUT2D eigenvalue weighted by molar-refractivity contribution is 14.1. The standard InChI is InChI=1S/C22H24INOS/c23-18-6-8-19(9-7-18)24-21(26)25-20-12-15-22(20)13-10-17(11-14-22)16-4-2-1-3-5-16/h1-9,17,20H,10-15H2,(H,24,26). The summed E-state index contributed by atoms with van der Waals surface area (Å²) >= 11 is 7.77. The molecular weight excluding hydrogens is 453 g/mol. The molecule has 0 bridgehead atoms. The Morgan fingerprint density at radius 2 is 1.62 bits per heavy atom. The van der Waals surface area contributed by atoms with E-state index in [0.717, 1.165) is 12.1 Å². The third-order valence-electron chi connectivity index (χ3n) is 6.18. The van der Waals surface area contributed by atoms with Crippen LogP contribution in [0.5, 0.6) is 0 Å². The smallest absolute Gasteiger partial charge is 0.261 e. The largest absolute Gasteiger partial charge is 0.467 e. The molecule has 0 aliphatic heterocycles. The molecule has 0 aromatic heterocycles. The Labute approximate surface area is 174 Å². The summed E-state index contributed by atoms with van der Waals surface area (Å²) in [6, 6.07) is 19.2. The molecule has 0 radical (unpaired) electrons. The van der Waals surface area contributed by atoms with Gasteiger partial charge < -0.3 is 10.1 Å². The molecule has 1 spiro atoms. The predicted molar refractivity (Wildman–Crippen MR) is 120 cm³/mol. The average molecular weight is 477 g/mol. The van der Waals surface area contributed by atoms with Crippen LogP contribution >= 0.6 is 34.8 Å². The van der Waals surface area contributed by atoms with Crippen molar-refractivity contribution in [3.05, 3.63) is 63.7 Å². The number of hydrogen-bond acceptors (Lipinski definition) is 2. The van der Waals surface area contributed by atoms with E-state index in [4.69, 9.17) is 17.0 Å². The fourth-order valence-electron chi connectivity index (χ4n) is 4.49. The summed E-state index contributed by atoms with van der Waals surface area (Å²) in [5.74, 6) is 0.708. The lowest BCUT2D eigenvalue weighted by Crippen LogP contribution is -2.49. The van der Waals surface area contributed by atoms with Crippen molar-refractivity contribution in [1.82, 2.24) is 0 Å². The van der Waals surface area contributed by atoms with Crippen molar-refractivity contribution in [3.8, 4) is 0 Å². The van der Waals surface area contributed by atoms with Crippen molar-refractivity contribution < 1.29 is 4.74 Å². The number of ether oxygens (including phenoxy) is 1. The molecule has 1 atom stereocenters. The van der Waals surface area contributed by atoms with Crippen LogP contribution in [0.1, 0.15) is 50.0 Å². The normalized spacial score (nSPS) is 27.6. The van der Waals surface area contributed by atoms with Crippen LogP contribution in [-0.2, 0) is 4.74 Å². The number of anilines is 1. The number of benzene rings is 2. The first-order valence-electron chi connectivity index (χ1n) is 9.43. The topological polar surface area (TPSA) is 21.3 Å². The Kier molecular flexibility index (Phi) is 5.50. The molecule has 4 heteroatoms. The van der Waals surface area contributed by atoms with E-state index in [-0.39, 0.29) is 6.10 Å². The lowest BCUT2D eigenvalue weighted by Gasteiger charge is -2.52. The maximum atomic E-state index is 6.17. The molecule has 0 heterocycles. The minimum atomic E-state index is 0.281. The first-order chi connectivity index (χ1) is 12.6. The third-order valence-corrected chi connectivity index (χ3v) is 7.10. The average Bonchev–Trinajstić information content (AvgIpc) is 2.68. The Hall–Kier alpha value is -1.14. The van der Waals surface area contributed by atoms with Crippen LogP contribution in [-0.4, -0.2) is 11.3 Å². The number of hydrogen-bond donors (Lipinski definition) is 1. The van der Waals surface area contributed by atoms with Crippen molar-refractivity contribution in [1.29, 1.82) is 0 Å². The van der Waals surface area contributed by atoms with Crippen molar-refractivity contribution in [3.63, 3.8) is 0 Å². The van der Waals surface area contributed by atoms with E-state index in [0.29, 0.717) is 16.5 Å². The second-order valence-corrected chi connectivity index (χ2v) is 9.23. The Balaban J connectivity index is 1.32. The van der Waals surface area contributed by atoms with Gasteiger partial charge in [-0.15, -0.1) is 0 Å². The highest BCUT2D eigenvalue weighted by Gasteiger charge is 2.50. The summed E-state index contributed by atoms with van der Waals surface area (Å²) in [7, 11) is 0.